The Bertz CT molecular complexity index is 231. The number of hydrogen-bond donors (Lipinski definition) is 2. The Kier molecular flexibility index (Phi) is 4.53. The van der Waals surface area contributed by atoms with Gasteiger partial charge in [0, 0.05) is 5.97 Å². The van der Waals surface area contributed by atoms with Crippen LogP contribution in [0.5, 0.6) is 0 Å². The van der Waals surface area contributed by atoms with E-state index in [1.807, 2.05) is 0 Å². The molecule has 0 amide bonds. The van der Waals surface area contributed by atoms with Gasteiger partial charge in [-0.1, -0.05) is 6.08 Å². The molecule has 0 spiro atoms. The Labute approximate surface area is 73.7 Å². The summed E-state index contributed by atoms with van der Waals surface area (Å²) in [5, 5.41) is 37.3. The minimum atomic E-state index is -1.69. The van der Waals surface area contributed by atoms with E-state index in [0.717, 1.165) is 0 Å². The summed E-state index contributed by atoms with van der Waals surface area (Å²) in [5.41, 5.74) is 0. The maximum Gasteiger partial charge on any atom is 0.320 e. The van der Waals surface area contributed by atoms with Crippen LogP contribution in [0.15, 0.2) is 11.8 Å². The van der Waals surface area contributed by atoms with E-state index in [0.29, 0.717) is 6.08 Å². The van der Waals surface area contributed by atoms with Crippen LogP contribution >= 0.6 is 0 Å². The van der Waals surface area contributed by atoms with Gasteiger partial charge in [0.1, 0.15) is 0 Å². The largest absolute Gasteiger partial charge is 0.868 e. The molecular weight excluding hydrogens is 180 g/mol. The molecule has 0 aliphatic rings. The average Bonchev–Trinajstić information content (AvgIpc) is 2.00. The van der Waals surface area contributed by atoms with Gasteiger partial charge in [-0.3, -0.25) is 0 Å². The summed E-state index contributed by atoms with van der Waals surface area (Å²) in [6.07, 6.45) is -1.47. The molecule has 0 fully saturated rings. The molecule has 13 heavy (non-hydrogen) atoms. The molecule has 0 aliphatic heterocycles. The minimum absolute atomic E-state index is 0.235. The van der Waals surface area contributed by atoms with Gasteiger partial charge in [0.05, 0.1) is 6.10 Å². The van der Waals surface area contributed by atoms with Crippen molar-refractivity contribution >= 4 is 11.9 Å². The highest BCUT2D eigenvalue weighted by Gasteiger charge is 2.01. The third kappa shape index (κ3) is 5.68. The number of carboxylic acids is 2. The lowest BCUT2D eigenvalue weighted by Gasteiger charge is -2.10. The molecule has 1 atom stereocenters. The lowest BCUT2D eigenvalue weighted by molar-refractivity contribution is -0.307. The SMILES string of the molecule is O=C([O-])CCC(O)/C=C(\[O-])C(=O)O. The van der Waals surface area contributed by atoms with Gasteiger partial charge >= 0.3 is 5.97 Å². The molecule has 0 heterocycles. The van der Waals surface area contributed by atoms with Crippen molar-refractivity contribution in [3.05, 3.63) is 11.8 Å². The van der Waals surface area contributed by atoms with Gasteiger partial charge in [-0.05, 0) is 18.6 Å². The van der Waals surface area contributed by atoms with E-state index in [9.17, 15) is 19.8 Å². The molecule has 1 unspecified atom stereocenters. The minimum Gasteiger partial charge on any atom is -0.868 e. The lowest BCUT2D eigenvalue weighted by atomic mass is 10.2. The standard InChI is InChI=1S/C7H10O6/c8-4(1-2-6(10)11)3-5(9)7(12)13/h3-4,8-9H,1-2H2,(H,10,11)(H,12,13)/p-2/b5-3-. The van der Waals surface area contributed by atoms with E-state index in [1.165, 1.54) is 0 Å². The van der Waals surface area contributed by atoms with Crippen LogP contribution < -0.4 is 10.2 Å². The number of aliphatic hydroxyl groups excluding tert-OH is 1. The molecule has 2 N–H and O–H groups in total. The van der Waals surface area contributed by atoms with Gasteiger partial charge in [-0.25, -0.2) is 4.79 Å². The second kappa shape index (κ2) is 5.15. The predicted molar refractivity (Wildman–Crippen MR) is 36.0 cm³/mol. The summed E-state index contributed by atoms with van der Waals surface area (Å²) in [5.74, 6) is -4.31. The van der Waals surface area contributed by atoms with E-state index in [4.69, 9.17) is 10.2 Å². The molecule has 0 aromatic carbocycles. The molecule has 0 rings (SSSR count). The zero-order chi connectivity index (χ0) is 10.4. The number of carbonyl (C=O) groups excluding carboxylic acids is 1. The molecule has 0 aliphatic carbocycles. The maximum atomic E-state index is 10.4. The first-order valence-electron chi connectivity index (χ1n) is 3.43. The monoisotopic (exact) mass is 188 g/mol. The van der Waals surface area contributed by atoms with Crippen molar-refractivity contribution in [1.29, 1.82) is 0 Å². The Hall–Kier alpha value is -1.56. The maximum absolute atomic E-state index is 10.4. The molecular formula is C7H8O6-2. The third-order valence-electron chi connectivity index (χ3n) is 1.20. The van der Waals surface area contributed by atoms with Crippen LogP contribution in [0, 0.1) is 0 Å². The molecule has 0 radical (unpaired) electrons. The van der Waals surface area contributed by atoms with Gasteiger partial charge in [-0.15, -0.1) is 0 Å². The molecule has 74 valence electrons. The highest BCUT2D eigenvalue weighted by molar-refractivity contribution is 5.83. The molecule has 0 aromatic heterocycles. The summed E-state index contributed by atoms with van der Waals surface area (Å²) in [6, 6.07) is 0. The first-order chi connectivity index (χ1) is 5.93. The van der Waals surface area contributed by atoms with Crippen LogP contribution in [0.1, 0.15) is 12.8 Å². The predicted octanol–water partition coefficient (Wildman–Crippen LogP) is -2.79. The summed E-state index contributed by atoms with van der Waals surface area (Å²) in [6.45, 7) is 0. The van der Waals surface area contributed by atoms with Crippen LogP contribution in [0.2, 0.25) is 0 Å². The molecule has 6 nitrogen and oxygen atoms in total. The van der Waals surface area contributed by atoms with Crippen molar-refractivity contribution in [2.45, 2.75) is 18.9 Å². The summed E-state index contributed by atoms with van der Waals surface area (Å²) >= 11 is 0. The molecule has 6 heteroatoms. The van der Waals surface area contributed by atoms with E-state index in [1.54, 1.807) is 0 Å². The van der Waals surface area contributed by atoms with E-state index < -0.39 is 30.2 Å². The lowest BCUT2D eigenvalue weighted by Crippen LogP contribution is -2.24. The Morgan fingerprint density at radius 2 is 1.92 bits per heavy atom. The fraction of sp³-hybridized carbons (Fsp3) is 0.429. The van der Waals surface area contributed by atoms with E-state index in [2.05, 4.69) is 0 Å². The Morgan fingerprint density at radius 1 is 1.38 bits per heavy atom. The van der Waals surface area contributed by atoms with Gasteiger partial charge in [0.25, 0.3) is 0 Å². The zero-order valence-corrected chi connectivity index (χ0v) is 6.60. The first-order valence-corrected chi connectivity index (χ1v) is 3.43. The van der Waals surface area contributed by atoms with Crippen LogP contribution in [-0.4, -0.2) is 28.3 Å². The number of carbonyl (C=O) groups is 2. The number of hydrogen-bond acceptors (Lipinski definition) is 5. The third-order valence-corrected chi connectivity index (χ3v) is 1.20. The van der Waals surface area contributed by atoms with Crippen LogP contribution in [0.25, 0.3) is 0 Å². The second-order valence-electron chi connectivity index (χ2n) is 2.31. The Balaban J connectivity index is 3.99. The van der Waals surface area contributed by atoms with Crippen molar-refractivity contribution in [2.24, 2.45) is 0 Å². The van der Waals surface area contributed by atoms with E-state index >= 15 is 0 Å². The highest BCUT2D eigenvalue weighted by Crippen LogP contribution is 1.99. The van der Waals surface area contributed by atoms with Crippen molar-refractivity contribution in [1.82, 2.24) is 0 Å². The van der Waals surface area contributed by atoms with E-state index in [-0.39, 0.29) is 6.42 Å². The quantitative estimate of drug-likeness (QED) is 0.355. The van der Waals surface area contributed by atoms with Crippen molar-refractivity contribution in [2.75, 3.05) is 0 Å². The highest BCUT2D eigenvalue weighted by atomic mass is 16.4. The number of aliphatic carboxylic acids is 2. The molecule has 0 bridgehead atoms. The van der Waals surface area contributed by atoms with Gasteiger partial charge < -0.3 is 25.2 Å². The molecule has 0 aromatic rings. The van der Waals surface area contributed by atoms with Crippen LogP contribution in [0.4, 0.5) is 0 Å². The van der Waals surface area contributed by atoms with Gasteiger partial charge in [-0.2, -0.15) is 0 Å². The molecule has 0 saturated carbocycles. The van der Waals surface area contributed by atoms with Crippen molar-refractivity contribution in [3.63, 3.8) is 0 Å². The van der Waals surface area contributed by atoms with Gasteiger partial charge in [0.2, 0.25) is 0 Å². The van der Waals surface area contributed by atoms with Crippen LogP contribution in [0.3, 0.4) is 0 Å². The number of rotatable bonds is 5. The summed E-state index contributed by atoms with van der Waals surface area (Å²) in [7, 11) is 0. The topological polar surface area (TPSA) is 121 Å². The molecule has 0 saturated heterocycles. The normalized spacial score (nSPS) is 13.8. The smallest absolute Gasteiger partial charge is 0.320 e. The van der Waals surface area contributed by atoms with Gasteiger partial charge in [0.15, 0.2) is 0 Å². The summed E-state index contributed by atoms with van der Waals surface area (Å²) < 4.78 is 0. The zero-order valence-electron chi connectivity index (χ0n) is 6.60. The number of carboxylic acid groups (broad SMARTS) is 2. The second-order valence-corrected chi connectivity index (χ2v) is 2.31. The van der Waals surface area contributed by atoms with Crippen molar-refractivity contribution < 1.29 is 30.0 Å². The fourth-order valence-corrected chi connectivity index (χ4v) is 0.595. The van der Waals surface area contributed by atoms with Crippen molar-refractivity contribution in [3.8, 4) is 0 Å². The number of aliphatic hydroxyl groups is 1. The first kappa shape index (κ1) is 11.4. The van der Waals surface area contributed by atoms with Crippen LogP contribution in [-0.2, 0) is 9.59 Å². The fourth-order valence-electron chi connectivity index (χ4n) is 0.595. The average molecular weight is 188 g/mol. The summed E-state index contributed by atoms with van der Waals surface area (Å²) in [4.78, 5) is 19.8. The Morgan fingerprint density at radius 3 is 2.31 bits per heavy atom.